The van der Waals surface area contributed by atoms with Crippen LogP contribution >= 0.6 is 0 Å². The van der Waals surface area contributed by atoms with E-state index in [1.807, 2.05) is 0 Å². The van der Waals surface area contributed by atoms with Gasteiger partial charge in [-0.25, -0.2) is 17.5 Å². The Hall–Kier alpha value is -2.58. The number of sulfonamides is 1. The summed E-state index contributed by atoms with van der Waals surface area (Å²) < 4.78 is 40.3. The molecule has 144 valence electrons. The fourth-order valence-electron chi connectivity index (χ4n) is 2.30. The lowest BCUT2D eigenvalue weighted by Crippen LogP contribution is -2.30. The standard InChI is InChI=1S/C19H21FN2O4S/c1-13-6-7-15(10-18(13)20)12-21-19(24)8-9-22-27(25,26)17-5-3-4-16(11-17)14(2)23/h3-7,10-11,22H,8-9,12H2,1-2H3,(H,21,24). The van der Waals surface area contributed by atoms with Crippen LogP contribution in [0.4, 0.5) is 4.39 Å². The quantitative estimate of drug-likeness (QED) is 0.675. The normalized spacial score (nSPS) is 11.2. The van der Waals surface area contributed by atoms with Crippen molar-refractivity contribution in [1.82, 2.24) is 10.0 Å². The van der Waals surface area contributed by atoms with Gasteiger partial charge in [0.1, 0.15) is 5.82 Å². The number of hydrogen-bond acceptors (Lipinski definition) is 4. The second kappa shape index (κ2) is 8.88. The summed E-state index contributed by atoms with van der Waals surface area (Å²) in [7, 11) is -3.82. The molecule has 0 atom stereocenters. The molecule has 0 saturated heterocycles. The Morgan fingerprint density at radius 1 is 1.11 bits per heavy atom. The number of nitrogens with one attached hydrogen (secondary N) is 2. The van der Waals surface area contributed by atoms with Crippen LogP contribution in [-0.2, 0) is 21.4 Å². The molecule has 2 aromatic rings. The van der Waals surface area contributed by atoms with Gasteiger partial charge in [-0.15, -0.1) is 0 Å². The van der Waals surface area contributed by atoms with Gasteiger partial charge in [0, 0.05) is 25.1 Å². The van der Waals surface area contributed by atoms with Crippen molar-refractivity contribution in [2.75, 3.05) is 6.54 Å². The smallest absolute Gasteiger partial charge is 0.240 e. The van der Waals surface area contributed by atoms with E-state index in [0.29, 0.717) is 16.7 Å². The van der Waals surface area contributed by atoms with E-state index in [9.17, 15) is 22.4 Å². The minimum absolute atomic E-state index is 0.0364. The Kier molecular flexibility index (Phi) is 6.81. The van der Waals surface area contributed by atoms with Gasteiger partial charge >= 0.3 is 0 Å². The first-order valence-electron chi connectivity index (χ1n) is 8.31. The zero-order chi connectivity index (χ0) is 20.0. The van der Waals surface area contributed by atoms with Crippen molar-refractivity contribution < 1.29 is 22.4 Å². The van der Waals surface area contributed by atoms with Crippen molar-refractivity contribution in [2.24, 2.45) is 0 Å². The summed E-state index contributed by atoms with van der Waals surface area (Å²) in [6.07, 6.45) is -0.0695. The number of Topliss-reactive ketones (excluding diaryl/α,β-unsaturated/α-hetero) is 1. The first-order chi connectivity index (χ1) is 12.7. The molecule has 0 spiro atoms. The summed E-state index contributed by atoms with van der Waals surface area (Å²) >= 11 is 0. The summed E-state index contributed by atoms with van der Waals surface area (Å²) in [4.78, 5) is 23.2. The molecular weight excluding hydrogens is 371 g/mol. The fraction of sp³-hybridized carbons (Fsp3) is 0.263. The molecule has 0 aromatic heterocycles. The molecule has 6 nitrogen and oxygen atoms in total. The third-order valence-corrected chi connectivity index (χ3v) is 5.38. The highest BCUT2D eigenvalue weighted by Crippen LogP contribution is 2.12. The van der Waals surface area contributed by atoms with Crippen LogP contribution in [0.1, 0.15) is 34.8 Å². The van der Waals surface area contributed by atoms with Gasteiger partial charge in [0.2, 0.25) is 15.9 Å². The lowest BCUT2D eigenvalue weighted by atomic mass is 10.1. The number of aryl methyl sites for hydroxylation is 1. The van der Waals surface area contributed by atoms with E-state index in [1.54, 1.807) is 19.1 Å². The van der Waals surface area contributed by atoms with Gasteiger partial charge in [0.15, 0.2) is 5.78 Å². The molecule has 1 amide bonds. The third-order valence-electron chi connectivity index (χ3n) is 3.92. The molecule has 2 rings (SSSR count). The second-order valence-corrected chi connectivity index (χ2v) is 7.86. The largest absolute Gasteiger partial charge is 0.352 e. The van der Waals surface area contributed by atoms with Crippen molar-refractivity contribution in [1.29, 1.82) is 0 Å². The number of ketones is 1. The van der Waals surface area contributed by atoms with Crippen LogP contribution in [0.25, 0.3) is 0 Å². The first-order valence-corrected chi connectivity index (χ1v) is 9.80. The zero-order valence-corrected chi connectivity index (χ0v) is 15.9. The van der Waals surface area contributed by atoms with Gasteiger partial charge in [-0.2, -0.15) is 0 Å². The molecule has 2 N–H and O–H groups in total. The Morgan fingerprint density at radius 2 is 1.85 bits per heavy atom. The van der Waals surface area contributed by atoms with E-state index in [-0.39, 0.29) is 41.9 Å². The average Bonchev–Trinajstić information content (AvgIpc) is 2.62. The van der Waals surface area contributed by atoms with Crippen LogP contribution in [0.5, 0.6) is 0 Å². The van der Waals surface area contributed by atoms with Gasteiger partial charge in [-0.3, -0.25) is 9.59 Å². The van der Waals surface area contributed by atoms with Gasteiger partial charge in [-0.05, 0) is 43.2 Å². The maximum Gasteiger partial charge on any atom is 0.240 e. The highest BCUT2D eigenvalue weighted by Gasteiger charge is 2.15. The van der Waals surface area contributed by atoms with Gasteiger partial charge in [-0.1, -0.05) is 24.3 Å². The molecule has 0 heterocycles. The first kappa shape index (κ1) is 20.7. The van der Waals surface area contributed by atoms with Crippen LogP contribution in [0.3, 0.4) is 0 Å². The summed E-state index contributed by atoms with van der Waals surface area (Å²) in [5.74, 6) is -0.947. The van der Waals surface area contributed by atoms with E-state index in [1.165, 1.54) is 37.3 Å². The molecule has 0 aliphatic rings. The Labute approximate surface area is 157 Å². The molecular formula is C19H21FN2O4S. The average molecular weight is 392 g/mol. The SMILES string of the molecule is CC(=O)c1cccc(S(=O)(=O)NCCC(=O)NCc2ccc(C)c(F)c2)c1. The van der Waals surface area contributed by atoms with Crippen molar-refractivity contribution in [3.05, 3.63) is 65.0 Å². The molecule has 8 heteroatoms. The molecule has 2 aromatic carbocycles. The number of carbonyl (C=O) groups is 2. The van der Waals surface area contributed by atoms with Crippen LogP contribution < -0.4 is 10.0 Å². The van der Waals surface area contributed by atoms with Gasteiger partial charge in [0.25, 0.3) is 0 Å². The topological polar surface area (TPSA) is 92.3 Å². The Bertz CT molecular complexity index is 958. The predicted octanol–water partition coefficient (Wildman–Crippen LogP) is 2.32. The molecule has 0 radical (unpaired) electrons. The van der Waals surface area contributed by atoms with Crippen LogP contribution in [0.2, 0.25) is 0 Å². The fourth-order valence-corrected chi connectivity index (χ4v) is 3.38. The van der Waals surface area contributed by atoms with E-state index in [2.05, 4.69) is 10.0 Å². The van der Waals surface area contributed by atoms with Crippen LogP contribution in [0.15, 0.2) is 47.4 Å². The third kappa shape index (κ3) is 5.97. The van der Waals surface area contributed by atoms with E-state index in [4.69, 9.17) is 0 Å². The van der Waals surface area contributed by atoms with Gasteiger partial charge < -0.3 is 5.32 Å². The number of hydrogen-bond donors (Lipinski definition) is 2. The van der Waals surface area contributed by atoms with E-state index >= 15 is 0 Å². The zero-order valence-electron chi connectivity index (χ0n) is 15.1. The van der Waals surface area contributed by atoms with Gasteiger partial charge in [0.05, 0.1) is 4.90 Å². The van der Waals surface area contributed by atoms with Crippen molar-refractivity contribution in [3.63, 3.8) is 0 Å². The summed E-state index contributed by atoms with van der Waals surface area (Å²) in [5.41, 5.74) is 1.43. The molecule has 0 fully saturated rings. The molecule has 0 bridgehead atoms. The predicted molar refractivity (Wildman–Crippen MR) is 99.2 cm³/mol. The van der Waals surface area contributed by atoms with Crippen molar-refractivity contribution in [3.8, 4) is 0 Å². The van der Waals surface area contributed by atoms with Crippen LogP contribution in [-0.4, -0.2) is 26.7 Å². The molecule has 0 saturated carbocycles. The molecule has 0 aliphatic carbocycles. The second-order valence-electron chi connectivity index (χ2n) is 6.09. The lowest BCUT2D eigenvalue weighted by Gasteiger charge is -2.09. The van der Waals surface area contributed by atoms with Crippen molar-refractivity contribution >= 4 is 21.7 Å². The lowest BCUT2D eigenvalue weighted by molar-refractivity contribution is -0.121. The molecule has 0 aliphatic heterocycles. The summed E-state index contributed by atoms with van der Waals surface area (Å²) in [6, 6.07) is 10.4. The van der Waals surface area contributed by atoms with E-state index < -0.39 is 10.0 Å². The summed E-state index contributed by atoms with van der Waals surface area (Å²) in [5, 5.41) is 2.61. The van der Waals surface area contributed by atoms with E-state index in [0.717, 1.165) is 0 Å². The Morgan fingerprint density at radius 3 is 2.52 bits per heavy atom. The molecule has 27 heavy (non-hydrogen) atoms. The van der Waals surface area contributed by atoms with Crippen molar-refractivity contribution in [2.45, 2.75) is 31.7 Å². The van der Waals surface area contributed by atoms with Crippen LogP contribution in [0, 0.1) is 12.7 Å². The maximum absolute atomic E-state index is 13.5. The monoisotopic (exact) mass is 392 g/mol. The summed E-state index contributed by atoms with van der Waals surface area (Å²) in [6.45, 7) is 3.06. The highest BCUT2D eigenvalue weighted by atomic mass is 32.2. The maximum atomic E-state index is 13.5. The number of carbonyl (C=O) groups excluding carboxylic acids is 2. The minimum Gasteiger partial charge on any atom is -0.352 e. The number of halogens is 1. The molecule has 0 unspecified atom stereocenters. The minimum atomic E-state index is -3.82. The number of amides is 1. The Balaban J connectivity index is 1.85. The number of rotatable bonds is 8. The number of benzene rings is 2. The highest BCUT2D eigenvalue weighted by molar-refractivity contribution is 7.89.